The highest BCUT2D eigenvalue weighted by Crippen LogP contribution is 2.27. The normalized spacial score (nSPS) is 20.4. The van der Waals surface area contributed by atoms with Crippen LogP contribution in [0.15, 0.2) is 17.2 Å². The lowest BCUT2D eigenvalue weighted by atomic mass is 10.1. The highest BCUT2D eigenvalue weighted by Gasteiger charge is 2.35. The van der Waals surface area contributed by atoms with Crippen LogP contribution in [0, 0.1) is 0 Å². The first kappa shape index (κ1) is 15.0. The SMILES string of the molecule is CC1(C)CN(S(=O)(=O)c2cnc(Cl)c(Cl)c2)CCO1. The molecule has 0 N–H and O–H groups in total. The Bertz CT molecular complexity index is 590. The van der Waals surface area contributed by atoms with Crippen LogP contribution < -0.4 is 0 Å². The van der Waals surface area contributed by atoms with E-state index in [1.54, 1.807) is 0 Å². The summed E-state index contributed by atoms with van der Waals surface area (Å²) in [4.78, 5) is 3.81. The minimum atomic E-state index is -3.62. The van der Waals surface area contributed by atoms with Crippen LogP contribution in [-0.2, 0) is 14.8 Å². The van der Waals surface area contributed by atoms with Gasteiger partial charge in [-0.1, -0.05) is 23.2 Å². The Kier molecular flexibility index (Phi) is 4.09. The molecule has 0 atom stereocenters. The number of halogens is 2. The van der Waals surface area contributed by atoms with Crippen LogP contribution >= 0.6 is 23.2 Å². The first-order valence-electron chi connectivity index (χ1n) is 5.67. The summed E-state index contributed by atoms with van der Waals surface area (Å²) in [7, 11) is -3.62. The molecule has 0 spiro atoms. The standard InChI is InChI=1S/C11H14Cl2N2O3S/c1-11(2)7-15(3-4-18-11)19(16,17)8-5-9(12)10(13)14-6-8/h5-6H,3-4,7H2,1-2H3. The molecule has 1 aliphatic rings. The Morgan fingerprint density at radius 2 is 2.11 bits per heavy atom. The summed E-state index contributed by atoms with van der Waals surface area (Å²) < 4.78 is 31.8. The molecule has 0 aromatic carbocycles. The van der Waals surface area contributed by atoms with Gasteiger partial charge in [0.1, 0.15) is 10.0 Å². The number of rotatable bonds is 2. The Balaban J connectivity index is 2.34. The number of nitrogens with zero attached hydrogens (tertiary/aromatic N) is 2. The van der Waals surface area contributed by atoms with E-state index in [4.69, 9.17) is 27.9 Å². The molecule has 2 heterocycles. The van der Waals surface area contributed by atoms with Gasteiger partial charge >= 0.3 is 0 Å². The van der Waals surface area contributed by atoms with Gasteiger partial charge in [-0.15, -0.1) is 0 Å². The van der Waals surface area contributed by atoms with Gasteiger partial charge < -0.3 is 4.74 Å². The van der Waals surface area contributed by atoms with Crippen LogP contribution in [0.4, 0.5) is 0 Å². The monoisotopic (exact) mass is 324 g/mol. The van der Waals surface area contributed by atoms with E-state index in [0.717, 1.165) is 0 Å². The molecule has 8 heteroatoms. The molecule has 0 bridgehead atoms. The van der Waals surface area contributed by atoms with Crippen molar-refractivity contribution >= 4 is 33.2 Å². The van der Waals surface area contributed by atoms with Crippen molar-refractivity contribution in [3.8, 4) is 0 Å². The third kappa shape index (κ3) is 3.20. The van der Waals surface area contributed by atoms with Gasteiger partial charge in [-0.25, -0.2) is 13.4 Å². The second-order valence-electron chi connectivity index (χ2n) is 4.89. The molecule has 0 saturated carbocycles. The lowest BCUT2D eigenvalue weighted by Gasteiger charge is -2.37. The van der Waals surface area contributed by atoms with E-state index in [1.165, 1.54) is 16.6 Å². The van der Waals surface area contributed by atoms with Crippen LogP contribution in [0.5, 0.6) is 0 Å². The summed E-state index contributed by atoms with van der Waals surface area (Å²) in [6.45, 7) is 4.66. The van der Waals surface area contributed by atoms with Gasteiger partial charge in [-0.3, -0.25) is 0 Å². The van der Waals surface area contributed by atoms with Gasteiger partial charge in [-0.2, -0.15) is 4.31 Å². The van der Waals surface area contributed by atoms with Gasteiger partial charge in [0.25, 0.3) is 0 Å². The molecule has 5 nitrogen and oxygen atoms in total. The molecule has 0 amide bonds. The highest BCUT2D eigenvalue weighted by molar-refractivity contribution is 7.89. The zero-order valence-electron chi connectivity index (χ0n) is 10.6. The van der Waals surface area contributed by atoms with Crippen molar-refractivity contribution in [1.82, 2.24) is 9.29 Å². The van der Waals surface area contributed by atoms with E-state index >= 15 is 0 Å². The Morgan fingerprint density at radius 1 is 1.42 bits per heavy atom. The fourth-order valence-electron chi connectivity index (χ4n) is 1.87. The fourth-order valence-corrected chi connectivity index (χ4v) is 3.75. The minimum Gasteiger partial charge on any atom is -0.373 e. The molecule has 1 aromatic heterocycles. The summed E-state index contributed by atoms with van der Waals surface area (Å²) in [5.41, 5.74) is -0.505. The van der Waals surface area contributed by atoms with E-state index in [9.17, 15) is 8.42 Å². The Morgan fingerprint density at radius 3 is 2.68 bits per heavy atom. The third-order valence-electron chi connectivity index (χ3n) is 2.80. The maximum absolute atomic E-state index is 12.5. The van der Waals surface area contributed by atoms with Crippen LogP contribution in [0.2, 0.25) is 10.2 Å². The van der Waals surface area contributed by atoms with Crippen molar-refractivity contribution in [2.24, 2.45) is 0 Å². The van der Waals surface area contributed by atoms with Gasteiger partial charge in [0.15, 0.2) is 0 Å². The molecule has 1 aliphatic heterocycles. The highest BCUT2D eigenvalue weighted by atomic mass is 35.5. The van der Waals surface area contributed by atoms with Crippen molar-refractivity contribution in [3.63, 3.8) is 0 Å². The van der Waals surface area contributed by atoms with E-state index in [1.807, 2.05) is 13.8 Å². The second-order valence-corrected chi connectivity index (χ2v) is 7.59. The predicted octanol–water partition coefficient (Wildman–Crippen LogP) is 2.19. The Hall–Kier alpha value is -0.400. The molecular formula is C11H14Cl2N2O3S. The molecule has 0 radical (unpaired) electrons. The van der Waals surface area contributed by atoms with E-state index in [0.29, 0.717) is 13.2 Å². The van der Waals surface area contributed by atoms with Crippen molar-refractivity contribution in [2.75, 3.05) is 19.7 Å². The fraction of sp³-hybridized carbons (Fsp3) is 0.545. The number of morpholine rings is 1. The molecule has 106 valence electrons. The number of ether oxygens (including phenoxy) is 1. The van der Waals surface area contributed by atoms with Crippen LogP contribution in [0.25, 0.3) is 0 Å². The first-order valence-corrected chi connectivity index (χ1v) is 7.87. The maximum atomic E-state index is 12.5. The summed E-state index contributed by atoms with van der Waals surface area (Å²) >= 11 is 11.5. The molecule has 1 saturated heterocycles. The van der Waals surface area contributed by atoms with Crippen molar-refractivity contribution in [1.29, 1.82) is 0 Å². The summed E-state index contributed by atoms with van der Waals surface area (Å²) in [6.07, 6.45) is 1.21. The lowest BCUT2D eigenvalue weighted by molar-refractivity contribution is -0.0640. The zero-order valence-corrected chi connectivity index (χ0v) is 12.9. The predicted molar refractivity (Wildman–Crippen MR) is 73.0 cm³/mol. The number of hydrogen-bond donors (Lipinski definition) is 0. The van der Waals surface area contributed by atoms with Crippen LogP contribution in [0.1, 0.15) is 13.8 Å². The number of pyridine rings is 1. The average Bonchev–Trinajstić information content (AvgIpc) is 2.31. The van der Waals surface area contributed by atoms with Gasteiger partial charge in [0.2, 0.25) is 10.0 Å². The lowest BCUT2D eigenvalue weighted by Crippen LogP contribution is -2.50. The van der Waals surface area contributed by atoms with Crippen molar-refractivity contribution in [2.45, 2.75) is 24.3 Å². The van der Waals surface area contributed by atoms with Gasteiger partial charge in [0.05, 0.1) is 17.2 Å². The summed E-state index contributed by atoms with van der Waals surface area (Å²) in [5, 5.41) is 0.207. The van der Waals surface area contributed by atoms with E-state index in [2.05, 4.69) is 4.98 Å². The molecule has 2 rings (SSSR count). The van der Waals surface area contributed by atoms with Crippen molar-refractivity contribution in [3.05, 3.63) is 22.4 Å². The number of aromatic nitrogens is 1. The third-order valence-corrected chi connectivity index (χ3v) is 5.30. The summed E-state index contributed by atoms with van der Waals surface area (Å²) in [5.74, 6) is 0. The minimum absolute atomic E-state index is 0.0413. The molecule has 1 fully saturated rings. The van der Waals surface area contributed by atoms with Crippen LogP contribution in [-0.4, -0.2) is 43.0 Å². The van der Waals surface area contributed by atoms with E-state index < -0.39 is 15.6 Å². The molecule has 1 aromatic rings. The van der Waals surface area contributed by atoms with Crippen LogP contribution in [0.3, 0.4) is 0 Å². The molecule has 19 heavy (non-hydrogen) atoms. The Labute approximate surface area is 122 Å². The van der Waals surface area contributed by atoms with Crippen molar-refractivity contribution < 1.29 is 13.2 Å². The van der Waals surface area contributed by atoms with Gasteiger partial charge in [-0.05, 0) is 19.9 Å². The van der Waals surface area contributed by atoms with E-state index in [-0.39, 0.29) is 21.6 Å². The smallest absolute Gasteiger partial charge is 0.244 e. The number of hydrogen-bond acceptors (Lipinski definition) is 4. The average molecular weight is 325 g/mol. The maximum Gasteiger partial charge on any atom is 0.244 e. The molecule has 0 unspecified atom stereocenters. The number of sulfonamides is 1. The molecule has 0 aliphatic carbocycles. The first-order chi connectivity index (χ1) is 8.72. The van der Waals surface area contributed by atoms with Gasteiger partial charge in [0, 0.05) is 19.3 Å². The largest absolute Gasteiger partial charge is 0.373 e. The summed E-state index contributed by atoms with van der Waals surface area (Å²) in [6, 6.07) is 1.31. The topological polar surface area (TPSA) is 59.5 Å². The zero-order chi connectivity index (χ0) is 14.3. The molecular weight excluding hydrogens is 311 g/mol. The second kappa shape index (κ2) is 5.18. The quantitative estimate of drug-likeness (QED) is 0.782.